The van der Waals surface area contributed by atoms with E-state index in [2.05, 4.69) is 31.3 Å². The van der Waals surface area contributed by atoms with Gasteiger partial charge in [0.25, 0.3) is 0 Å². The number of hydrogen-bond acceptors (Lipinski definition) is 4. The summed E-state index contributed by atoms with van der Waals surface area (Å²) in [5.74, 6) is 5.28. The van der Waals surface area contributed by atoms with E-state index in [-0.39, 0.29) is 23.4 Å². The average Bonchev–Trinajstić information content (AvgIpc) is 3.13. The Kier molecular flexibility index (Phi) is 6.00. The lowest BCUT2D eigenvalue weighted by Crippen LogP contribution is -2.44. The summed E-state index contributed by atoms with van der Waals surface area (Å²) in [6.45, 7) is -1.08. The number of hydrazine groups is 1. The zero-order valence-corrected chi connectivity index (χ0v) is 17.1. The third kappa shape index (κ3) is 4.42. The molecule has 0 saturated carbocycles. The number of anilines is 1. The summed E-state index contributed by atoms with van der Waals surface area (Å²) in [7, 11) is 0. The highest BCUT2D eigenvalue weighted by atomic mass is 79.9. The molecule has 1 atom stereocenters. The number of hydrogen-bond donors (Lipinski definition) is 2. The predicted octanol–water partition coefficient (Wildman–Crippen LogP) is 5.86. The largest absolute Gasteiger partial charge is 0.433 e. The maximum atomic E-state index is 14.2. The second kappa shape index (κ2) is 7.90. The van der Waals surface area contributed by atoms with Crippen molar-refractivity contribution in [2.45, 2.75) is 30.4 Å². The van der Waals surface area contributed by atoms with Gasteiger partial charge >= 0.3 is 18.5 Å². The van der Waals surface area contributed by atoms with Crippen LogP contribution in [0.1, 0.15) is 28.9 Å². The Labute approximate surface area is 182 Å². The van der Waals surface area contributed by atoms with E-state index in [1.54, 1.807) is 0 Å². The van der Waals surface area contributed by atoms with Gasteiger partial charge < -0.3 is 5.43 Å². The monoisotopic (exact) mass is 534 g/mol. The molecule has 0 aliphatic carbocycles. The maximum Gasteiger partial charge on any atom is 0.433 e. The van der Waals surface area contributed by atoms with Crippen LogP contribution in [0.4, 0.5) is 45.2 Å². The van der Waals surface area contributed by atoms with Crippen LogP contribution in [0.3, 0.4) is 0 Å². The SMILES string of the molecule is NNc1ccc(C2=NCC(c3cc(C(F)(F)F)nc(C(F)(F)F)c3)(C(F)(F)F)C2)cc1Br. The average molecular weight is 535 g/mol. The molecule has 1 aliphatic heterocycles. The summed E-state index contributed by atoms with van der Waals surface area (Å²) in [6, 6.07) is 4.18. The molecular weight excluding hydrogens is 523 g/mol. The van der Waals surface area contributed by atoms with E-state index in [1.807, 2.05) is 0 Å². The Balaban J connectivity index is 2.14. The lowest BCUT2D eigenvalue weighted by atomic mass is 9.76. The number of benzene rings is 1. The van der Waals surface area contributed by atoms with Crippen LogP contribution in [0.15, 0.2) is 39.8 Å². The molecule has 0 amide bonds. The smallest absolute Gasteiger partial charge is 0.323 e. The molecular formula is C18H12BrF9N4. The molecule has 14 heteroatoms. The molecule has 1 aliphatic rings. The van der Waals surface area contributed by atoms with Crippen LogP contribution >= 0.6 is 15.9 Å². The van der Waals surface area contributed by atoms with E-state index < -0.39 is 53.9 Å². The van der Waals surface area contributed by atoms with Gasteiger partial charge in [0.05, 0.1) is 12.2 Å². The fraction of sp³-hybridized carbons (Fsp3) is 0.333. The molecule has 1 aromatic heterocycles. The predicted molar refractivity (Wildman–Crippen MR) is 99.9 cm³/mol. The van der Waals surface area contributed by atoms with Gasteiger partial charge in [0, 0.05) is 16.6 Å². The summed E-state index contributed by atoms with van der Waals surface area (Å²) < 4.78 is 122. The number of nitrogen functional groups attached to an aromatic ring is 1. The number of alkyl halides is 9. The van der Waals surface area contributed by atoms with Crippen molar-refractivity contribution in [1.29, 1.82) is 0 Å². The quantitative estimate of drug-likeness (QED) is 0.294. The van der Waals surface area contributed by atoms with Crippen LogP contribution in [0.25, 0.3) is 0 Å². The van der Waals surface area contributed by atoms with E-state index in [4.69, 9.17) is 5.84 Å². The molecule has 3 N–H and O–H groups in total. The Hall–Kier alpha value is -2.35. The highest BCUT2D eigenvalue weighted by Crippen LogP contribution is 2.49. The zero-order chi connectivity index (χ0) is 24.1. The van der Waals surface area contributed by atoms with E-state index in [0.717, 1.165) is 0 Å². The number of nitrogens with one attached hydrogen (secondary N) is 1. The first-order valence-corrected chi connectivity index (χ1v) is 9.41. The van der Waals surface area contributed by atoms with Gasteiger partial charge in [-0.2, -0.15) is 39.5 Å². The highest BCUT2D eigenvalue weighted by molar-refractivity contribution is 9.10. The van der Waals surface area contributed by atoms with Crippen molar-refractivity contribution in [3.05, 3.63) is 57.3 Å². The molecule has 174 valence electrons. The van der Waals surface area contributed by atoms with Crippen LogP contribution in [-0.2, 0) is 17.8 Å². The standard InChI is InChI=1S/C18H12BrF9N4/c19-10-3-8(1-2-11(10)32-29)12-6-15(7-30-12,18(26,27)28)9-4-13(16(20,21)22)31-14(5-9)17(23,24)25/h1-5,32H,6-7,29H2. The number of nitrogens with zero attached hydrogens (tertiary/aromatic N) is 2. The minimum Gasteiger partial charge on any atom is -0.323 e. The first-order valence-electron chi connectivity index (χ1n) is 8.62. The topological polar surface area (TPSA) is 63.3 Å². The molecule has 2 aromatic rings. The fourth-order valence-electron chi connectivity index (χ4n) is 3.28. The van der Waals surface area contributed by atoms with Crippen molar-refractivity contribution in [3.8, 4) is 0 Å². The van der Waals surface area contributed by atoms with Gasteiger partial charge in [0.2, 0.25) is 0 Å². The summed E-state index contributed by atoms with van der Waals surface area (Å²) >= 11 is 3.15. The van der Waals surface area contributed by atoms with E-state index >= 15 is 0 Å². The molecule has 0 saturated heterocycles. The molecule has 0 fully saturated rings. The summed E-state index contributed by atoms with van der Waals surface area (Å²) in [5, 5.41) is 0. The Morgan fingerprint density at radius 3 is 1.91 bits per heavy atom. The van der Waals surface area contributed by atoms with Crippen LogP contribution in [0.5, 0.6) is 0 Å². The molecule has 0 bridgehead atoms. The Morgan fingerprint density at radius 1 is 0.906 bits per heavy atom. The first kappa shape index (κ1) is 24.3. The van der Waals surface area contributed by atoms with Gasteiger partial charge in [-0.15, -0.1) is 0 Å². The van der Waals surface area contributed by atoms with Crippen molar-refractivity contribution < 1.29 is 39.5 Å². The van der Waals surface area contributed by atoms with Crippen LogP contribution in [-0.4, -0.2) is 23.4 Å². The van der Waals surface area contributed by atoms with Gasteiger partial charge in [-0.1, -0.05) is 6.07 Å². The van der Waals surface area contributed by atoms with Crippen LogP contribution in [0, 0.1) is 0 Å². The molecule has 0 spiro atoms. The summed E-state index contributed by atoms with van der Waals surface area (Å²) in [6.07, 6.45) is -16.9. The van der Waals surface area contributed by atoms with Gasteiger partial charge in [0.15, 0.2) is 0 Å². The molecule has 1 aromatic carbocycles. The Bertz CT molecular complexity index is 1030. The molecule has 1 unspecified atom stereocenters. The van der Waals surface area contributed by atoms with E-state index in [9.17, 15) is 39.5 Å². The van der Waals surface area contributed by atoms with Crippen molar-refractivity contribution in [2.24, 2.45) is 10.8 Å². The van der Waals surface area contributed by atoms with Crippen molar-refractivity contribution in [3.63, 3.8) is 0 Å². The molecule has 4 nitrogen and oxygen atoms in total. The van der Waals surface area contributed by atoms with Gasteiger partial charge in [-0.3, -0.25) is 10.8 Å². The van der Waals surface area contributed by atoms with Gasteiger partial charge in [-0.05, 0) is 51.3 Å². The minimum atomic E-state index is -5.39. The van der Waals surface area contributed by atoms with Gasteiger partial charge in [-0.25, -0.2) is 4.98 Å². The second-order valence-electron chi connectivity index (χ2n) is 6.98. The van der Waals surface area contributed by atoms with Crippen LogP contribution < -0.4 is 11.3 Å². The number of aliphatic imine (C=N–C) groups is 1. The van der Waals surface area contributed by atoms with Crippen molar-refractivity contribution >= 4 is 27.3 Å². The van der Waals surface area contributed by atoms with Crippen LogP contribution in [0.2, 0.25) is 0 Å². The normalized spacial score (nSPS) is 19.8. The van der Waals surface area contributed by atoms with Gasteiger partial charge in [0.1, 0.15) is 16.8 Å². The maximum absolute atomic E-state index is 14.2. The van der Waals surface area contributed by atoms with E-state index in [0.29, 0.717) is 10.2 Å². The second-order valence-corrected chi connectivity index (χ2v) is 7.83. The number of aromatic nitrogens is 1. The van der Waals surface area contributed by atoms with Crippen molar-refractivity contribution in [2.75, 3.05) is 12.0 Å². The number of nitrogens with two attached hydrogens (primary N) is 1. The summed E-state index contributed by atoms with van der Waals surface area (Å²) in [5.41, 5.74) is -5.65. The number of pyridine rings is 1. The van der Waals surface area contributed by atoms with E-state index in [1.165, 1.54) is 18.2 Å². The molecule has 0 radical (unpaired) electrons. The highest BCUT2D eigenvalue weighted by Gasteiger charge is 2.59. The summed E-state index contributed by atoms with van der Waals surface area (Å²) in [4.78, 5) is 6.31. The molecule has 3 rings (SSSR count). The number of halogens is 10. The number of rotatable bonds is 3. The lowest BCUT2D eigenvalue weighted by molar-refractivity contribution is -0.185. The third-order valence-electron chi connectivity index (χ3n) is 4.97. The first-order chi connectivity index (χ1) is 14.6. The van der Waals surface area contributed by atoms with Crippen molar-refractivity contribution in [1.82, 2.24) is 4.98 Å². The fourth-order valence-corrected chi connectivity index (χ4v) is 3.77. The Morgan fingerprint density at radius 2 is 1.47 bits per heavy atom. The minimum absolute atomic E-state index is 0.00144. The molecule has 2 heterocycles. The lowest BCUT2D eigenvalue weighted by Gasteiger charge is -2.32. The molecule has 32 heavy (non-hydrogen) atoms. The zero-order valence-electron chi connectivity index (χ0n) is 15.6. The third-order valence-corrected chi connectivity index (χ3v) is 5.62.